The van der Waals surface area contributed by atoms with Gasteiger partial charge in [0.25, 0.3) is 0 Å². The SMILES string of the molecule is NCc1cc(C(=O)O)ccc1OC1CC1. The highest BCUT2D eigenvalue weighted by atomic mass is 16.5. The van der Waals surface area contributed by atoms with Crippen molar-refractivity contribution >= 4 is 5.97 Å². The molecule has 0 unspecified atom stereocenters. The van der Waals surface area contributed by atoms with Gasteiger partial charge in [0.15, 0.2) is 0 Å². The smallest absolute Gasteiger partial charge is 0.335 e. The molecule has 1 aliphatic rings. The Bertz CT molecular complexity index is 385. The molecule has 0 heterocycles. The number of hydrogen-bond acceptors (Lipinski definition) is 3. The number of rotatable bonds is 4. The molecule has 0 aromatic heterocycles. The molecule has 0 radical (unpaired) electrons. The van der Waals surface area contributed by atoms with Gasteiger partial charge in [-0.1, -0.05) is 0 Å². The molecule has 1 fully saturated rings. The topological polar surface area (TPSA) is 72.6 Å². The Labute approximate surface area is 87.7 Å². The molecule has 3 N–H and O–H groups in total. The predicted octanol–water partition coefficient (Wildman–Crippen LogP) is 1.38. The Balaban J connectivity index is 2.25. The van der Waals surface area contributed by atoms with Crippen molar-refractivity contribution < 1.29 is 14.6 Å². The fourth-order valence-corrected chi connectivity index (χ4v) is 1.35. The first kappa shape index (κ1) is 9.98. The first-order chi connectivity index (χ1) is 7.20. The van der Waals surface area contributed by atoms with Gasteiger partial charge >= 0.3 is 5.97 Å². The molecule has 0 spiro atoms. The fraction of sp³-hybridized carbons (Fsp3) is 0.364. The second kappa shape index (κ2) is 3.90. The summed E-state index contributed by atoms with van der Waals surface area (Å²) < 4.78 is 5.61. The number of hydrogen-bond donors (Lipinski definition) is 2. The summed E-state index contributed by atoms with van der Waals surface area (Å²) in [5.74, 6) is -0.229. The van der Waals surface area contributed by atoms with Crippen LogP contribution in [-0.2, 0) is 6.54 Å². The van der Waals surface area contributed by atoms with E-state index >= 15 is 0 Å². The van der Waals surface area contributed by atoms with Gasteiger partial charge in [0.1, 0.15) is 5.75 Å². The van der Waals surface area contributed by atoms with Gasteiger partial charge in [0, 0.05) is 12.1 Å². The standard InChI is InChI=1S/C11H13NO3/c12-6-8-5-7(11(13)14)1-4-10(8)15-9-2-3-9/h1,4-5,9H,2-3,6,12H2,(H,13,14). The van der Waals surface area contributed by atoms with Crippen LogP contribution in [0.3, 0.4) is 0 Å². The van der Waals surface area contributed by atoms with E-state index in [1.54, 1.807) is 18.2 Å². The van der Waals surface area contributed by atoms with E-state index in [1.165, 1.54) is 0 Å². The van der Waals surface area contributed by atoms with Crippen molar-refractivity contribution in [1.82, 2.24) is 0 Å². The number of aromatic carboxylic acids is 1. The van der Waals surface area contributed by atoms with Crippen LogP contribution in [0.15, 0.2) is 18.2 Å². The molecule has 1 aromatic rings. The first-order valence-electron chi connectivity index (χ1n) is 4.93. The maximum Gasteiger partial charge on any atom is 0.335 e. The van der Waals surface area contributed by atoms with Crippen molar-refractivity contribution in [2.45, 2.75) is 25.5 Å². The molecule has 4 nitrogen and oxygen atoms in total. The molecule has 1 saturated carbocycles. The zero-order valence-electron chi connectivity index (χ0n) is 8.27. The Morgan fingerprint density at radius 2 is 2.27 bits per heavy atom. The van der Waals surface area contributed by atoms with E-state index in [1.807, 2.05) is 0 Å². The number of nitrogens with two attached hydrogens (primary N) is 1. The molecule has 0 saturated heterocycles. The van der Waals surface area contributed by atoms with Gasteiger partial charge in [-0.25, -0.2) is 4.79 Å². The Hall–Kier alpha value is -1.55. The summed E-state index contributed by atoms with van der Waals surface area (Å²) in [5, 5.41) is 8.81. The highest BCUT2D eigenvalue weighted by Crippen LogP contribution is 2.29. The van der Waals surface area contributed by atoms with Crippen LogP contribution in [0.1, 0.15) is 28.8 Å². The van der Waals surface area contributed by atoms with E-state index < -0.39 is 5.97 Å². The maximum absolute atomic E-state index is 10.7. The predicted molar refractivity (Wildman–Crippen MR) is 54.9 cm³/mol. The molecule has 0 bridgehead atoms. The van der Waals surface area contributed by atoms with Gasteiger partial charge < -0.3 is 15.6 Å². The average Bonchev–Trinajstić information content (AvgIpc) is 3.02. The van der Waals surface area contributed by atoms with Crippen LogP contribution in [-0.4, -0.2) is 17.2 Å². The van der Waals surface area contributed by atoms with Gasteiger partial charge in [-0.05, 0) is 31.0 Å². The zero-order valence-corrected chi connectivity index (χ0v) is 8.27. The number of carbonyl (C=O) groups is 1. The third-order valence-corrected chi connectivity index (χ3v) is 2.35. The quantitative estimate of drug-likeness (QED) is 0.782. The second-order valence-electron chi connectivity index (χ2n) is 3.65. The van der Waals surface area contributed by atoms with Crippen molar-refractivity contribution in [2.75, 3.05) is 0 Å². The van der Waals surface area contributed by atoms with E-state index in [0.717, 1.165) is 18.4 Å². The van der Waals surface area contributed by atoms with Crippen molar-refractivity contribution in [2.24, 2.45) is 5.73 Å². The van der Waals surface area contributed by atoms with E-state index in [4.69, 9.17) is 15.6 Å². The monoisotopic (exact) mass is 207 g/mol. The third-order valence-electron chi connectivity index (χ3n) is 2.35. The normalized spacial score (nSPS) is 15.0. The second-order valence-corrected chi connectivity index (χ2v) is 3.65. The summed E-state index contributed by atoms with van der Waals surface area (Å²) in [4.78, 5) is 10.7. The minimum absolute atomic E-state index is 0.249. The molecule has 1 aromatic carbocycles. The van der Waals surface area contributed by atoms with Crippen LogP contribution >= 0.6 is 0 Å². The van der Waals surface area contributed by atoms with Gasteiger partial charge in [0.2, 0.25) is 0 Å². The lowest BCUT2D eigenvalue weighted by atomic mass is 10.1. The van der Waals surface area contributed by atoms with Crippen molar-refractivity contribution in [3.05, 3.63) is 29.3 Å². The highest BCUT2D eigenvalue weighted by molar-refractivity contribution is 5.88. The van der Waals surface area contributed by atoms with E-state index in [2.05, 4.69) is 0 Å². The van der Waals surface area contributed by atoms with Crippen LogP contribution < -0.4 is 10.5 Å². The van der Waals surface area contributed by atoms with Crippen LogP contribution in [0.4, 0.5) is 0 Å². The molecule has 0 amide bonds. The van der Waals surface area contributed by atoms with Crippen molar-refractivity contribution in [1.29, 1.82) is 0 Å². The minimum Gasteiger partial charge on any atom is -0.490 e. The Kier molecular flexibility index (Phi) is 2.60. The molecule has 1 aliphatic carbocycles. The molecule has 4 heteroatoms. The van der Waals surface area contributed by atoms with Gasteiger partial charge in [-0.3, -0.25) is 0 Å². The van der Waals surface area contributed by atoms with E-state index in [-0.39, 0.29) is 5.56 Å². The van der Waals surface area contributed by atoms with Crippen LogP contribution in [0.25, 0.3) is 0 Å². The summed E-state index contributed by atoms with van der Waals surface area (Å²) in [6, 6.07) is 4.79. The molecule has 15 heavy (non-hydrogen) atoms. The van der Waals surface area contributed by atoms with Gasteiger partial charge in [-0.15, -0.1) is 0 Å². The minimum atomic E-state index is -0.942. The lowest BCUT2D eigenvalue weighted by Crippen LogP contribution is -2.06. The molecule has 80 valence electrons. The summed E-state index contributed by atoms with van der Waals surface area (Å²) in [5.41, 5.74) is 6.54. The van der Waals surface area contributed by atoms with Gasteiger partial charge in [0.05, 0.1) is 11.7 Å². The summed E-state index contributed by atoms with van der Waals surface area (Å²) >= 11 is 0. The maximum atomic E-state index is 10.7. The van der Waals surface area contributed by atoms with E-state index in [0.29, 0.717) is 18.4 Å². The van der Waals surface area contributed by atoms with Crippen LogP contribution in [0.2, 0.25) is 0 Å². The third kappa shape index (κ3) is 2.27. The Morgan fingerprint density at radius 1 is 1.53 bits per heavy atom. The fourth-order valence-electron chi connectivity index (χ4n) is 1.35. The lowest BCUT2D eigenvalue weighted by molar-refractivity contribution is 0.0696. The summed E-state index contributed by atoms with van der Waals surface area (Å²) in [6.07, 6.45) is 2.45. The lowest BCUT2D eigenvalue weighted by Gasteiger charge is -2.09. The molecule has 0 atom stereocenters. The molecule has 2 rings (SSSR count). The highest BCUT2D eigenvalue weighted by Gasteiger charge is 2.24. The molecule has 0 aliphatic heterocycles. The zero-order chi connectivity index (χ0) is 10.8. The summed E-state index contributed by atoms with van der Waals surface area (Å²) in [6.45, 7) is 0.295. The van der Waals surface area contributed by atoms with Crippen molar-refractivity contribution in [3.8, 4) is 5.75 Å². The van der Waals surface area contributed by atoms with E-state index in [9.17, 15) is 4.79 Å². The average molecular weight is 207 g/mol. The number of carboxylic acids is 1. The van der Waals surface area contributed by atoms with Crippen LogP contribution in [0.5, 0.6) is 5.75 Å². The molecular weight excluding hydrogens is 194 g/mol. The largest absolute Gasteiger partial charge is 0.490 e. The van der Waals surface area contributed by atoms with Gasteiger partial charge in [-0.2, -0.15) is 0 Å². The Morgan fingerprint density at radius 3 is 2.80 bits per heavy atom. The van der Waals surface area contributed by atoms with Crippen molar-refractivity contribution in [3.63, 3.8) is 0 Å². The number of ether oxygens (including phenoxy) is 1. The summed E-state index contributed by atoms with van der Waals surface area (Å²) in [7, 11) is 0. The number of carboxylic acid groups (broad SMARTS) is 1. The van der Waals surface area contributed by atoms with Crippen LogP contribution in [0, 0.1) is 0 Å². The molecular formula is C11H13NO3. The first-order valence-corrected chi connectivity index (χ1v) is 4.93. The number of benzene rings is 1.